The summed E-state index contributed by atoms with van der Waals surface area (Å²) in [6, 6.07) is 3.25. The minimum absolute atomic E-state index is 0.215. The standard InChI is InChI=1S/C18H14BrNO3/c1-23-18(22)12-8-14-16(15(19)9-12)13-7-5-3-2-4-6-11(13)10-20-17(14)21/h2-9H,10H2,1H3,(H,20,21)/b3-2-,4-2?,5-3?,6-4?,7-5-,11-6?,13-7?. The van der Waals surface area contributed by atoms with Crippen LogP contribution in [0.2, 0.25) is 0 Å². The number of nitrogens with one attached hydrogen (secondary N) is 1. The van der Waals surface area contributed by atoms with Gasteiger partial charge in [-0.3, -0.25) is 4.79 Å². The van der Waals surface area contributed by atoms with Crippen LogP contribution >= 0.6 is 15.9 Å². The average Bonchev–Trinajstić information content (AvgIpc) is 2.64. The van der Waals surface area contributed by atoms with Crippen molar-refractivity contribution in [2.75, 3.05) is 13.7 Å². The molecule has 1 aromatic carbocycles. The Morgan fingerprint density at radius 1 is 1.17 bits per heavy atom. The minimum Gasteiger partial charge on any atom is -0.465 e. The van der Waals surface area contributed by atoms with E-state index < -0.39 is 5.97 Å². The second-order valence-electron chi connectivity index (χ2n) is 5.10. The Kier molecular flexibility index (Phi) is 4.30. The monoisotopic (exact) mass is 371 g/mol. The maximum absolute atomic E-state index is 12.5. The van der Waals surface area contributed by atoms with Crippen LogP contribution in [0.3, 0.4) is 0 Å². The molecule has 0 unspecified atom stereocenters. The Morgan fingerprint density at radius 2 is 1.91 bits per heavy atom. The first-order valence-electron chi connectivity index (χ1n) is 7.07. The molecule has 1 amide bonds. The van der Waals surface area contributed by atoms with Gasteiger partial charge in [0, 0.05) is 22.1 Å². The number of methoxy groups -OCH3 is 1. The number of benzene rings is 1. The molecule has 5 heteroatoms. The number of allylic oxidation sites excluding steroid dienone is 6. The molecule has 1 heterocycles. The Balaban J connectivity index is 2.26. The van der Waals surface area contributed by atoms with Gasteiger partial charge < -0.3 is 10.1 Å². The summed E-state index contributed by atoms with van der Waals surface area (Å²) in [6.07, 6.45) is 11.7. The zero-order valence-electron chi connectivity index (χ0n) is 12.4. The molecule has 3 rings (SSSR count). The molecular weight excluding hydrogens is 358 g/mol. The number of esters is 1. The predicted molar refractivity (Wildman–Crippen MR) is 92.2 cm³/mol. The summed E-state index contributed by atoms with van der Waals surface area (Å²) in [5.74, 6) is -0.691. The summed E-state index contributed by atoms with van der Waals surface area (Å²) < 4.78 is 5.44. The number of halogens is 1. The average molecular weight is 372 g/mol. The van der Waals surface area contributed by atoms with Gasteiger partial charge in [-0.2, -0.15) is 0 Å². The highest BCUT2D eigenvalue weighted by Crippen LogP contribution is 2.35. The SMILES string of the molecule is COC(=O)c1cc(Br)c2c(c1)C(=O)NCC1=C2/C=C\C=C/C=C1. The van der Waals surface area contributed by atoms with Crippen LogP contribution in [0, 0.1) is 0 Å². The van der Waals surface area contributed by atoms with Crippen LogP contribution in [0.25, 0.3) is 5.57 Å². The van der Waals surface area contributed by atoms with E-state index in [0.29, 0.717) is 22.1 Å². The van der Waals surface area contributed by atoms with Gasteiger partial charge in [-0.05, 0) is 23.3 Å². The van der Waals surface area contributed by atoms with E-state index in [4.69, 9.17) is 4.74 Å². The third kappa shape index (κ3) is 2.92. The van der Waals surface area contributed by atoms with E-state index in [1.54, 1.807) is 12.1 Å². The van der Waals surface area contributed by atoms with E-state index in [-0.39, 0.29) is 5.91 Å². The maximum Gasteiger partial charge on any atom is 0.337 e. The highest BCUT2D eigenvalue weighted by atomic mass is 79.9. The number of ether oxygens (including phenoxy) is 1. The van der Waals surface area contributed by atoms with Crippen LogP contribution in [0.15, 0.2) is 58.6 Å². The van der Waals surface area contributed by atoms with E-state index in [2.05, 4.69) is 21.2 Å². The third-order valence-electron chi connectivity index (χ3n) is 3.70. The van der Waals surface area contributed by atoms with Crippen molar-refractivity contribution in [2.24, 2.45) is 0 Å². The lowest BCUT2D eigenvalue weighted by molar-refractivity contribution is 0.0600. The summed E-state index contributed by atoms with van der Waals surface area (Å²) in [5, 5.41) is 2.88. The molecule has 1 N–H and O–H groups in total. The van der Waals surface area contributed by atoms with Crippen LogP contribution in [-0.4, -0.2) is 25.5 Å². The van der Waals surface area contributed by atoms with Crippen molar-refractivity contribution in [2.45, 2.75) is 0 Å². The van der Waals surface area contributed by atoms with Crippen molar-refractivity contribution in [1.82, 2.24) is 5.32 Å². The highest BCUT2D eigenvalue weighted by molar-refractivity contribution is 9.10. The van der Waals surface area contributed by atoms with Crippen LogP contribution in [-0.2, 0) is 4.74 Å². The van der Waals surface area contributed by atoms with Crippen LogP contribution in [0.4, 0.5) is 0 Å². The zero-order chi connectivity index (χ0) is 16.4. The van der Waals surface area contributed by atoms with Gasteiger partial charge >= 0.3 is 5.97 Å². The lowest BCUT2D eigenvalue weighted by atomic mass is 9.93. The fraction of sp³-hybridized carbons (Fsp3) is 0.111. The first-order chi connectivity index (χ1) is 11.1. The minimum atomic E-state index is -0.476. The van der Waals surface area contributed by atoms with E-state index in [0.717, 1.165) is 16.7 Å². The van der Waals surface area contributed by atoms with Crippen molar-refractivity contribution in [3.05, 3.63) is 75.3 Å². The number of hydrogen-bond donors (Lipinski definition) is 1. The molecule has 1 aliphatic carbocycles. The molecule has 0 aromatic heterocycles. The molecule has 4 nitrogen and oxygen atoms in total. The number of carbonyl (C=O) groups is 2. The number of amides is 1. The Labute approximate surface area is 142 Å². The molecule has 0 bridgehead atoms. The summed E-state index contributed by atoms with van der Waals surface area (Å²) in [7, 11) is 1.32. The Morgan fingerprint density at radius 3 is 2.65 bits per heavy atom. The smallest absolute Gasteiger partial charge is 0.337 e. The number of hydrogen-bond acceptors (Lipinski definition) is 3. The molecule has 23 heavy (non-hydrogen) atoms. The van der Waals surface area contributed by atoms with E-state index >= 15 is 0 Å². The van der Waals surface area contributed by atoms with Gasteiger partial charge in [0.2, 0.25) is 0 Å². The first kappa shape index (κ1) is 15.5. The Hall–Kier alpha value is -2.40. The molecule has 0 saturated carbocycles. The van der Waals surface area contributed by atoms with Gasteiger partial charge in [0.25, 0.3) is 5.91 Å². The highest BCUT2D eigenvalue weighted by Gasteiger charge is 2.24. The molecule has 0 radical (unpaired) electrons. The zero-order valence-corrected chi connectivity index (χ0v) is 14.0. The van der Waals surface area contributed by atoms with Gasteiger partial charge in [-0.25, -0.2) is 4.79 Å². The van der Waals surface area contributed by atoms with Gasteiger partial charge in [-0.15, -0.1) is 0 Å². The first-order valence-corrected chi connectivity index (χ1v) is 7.86. The molecule has 1 aromatic rings. The largest absolute Gasteiger partial charge is 0.465 e. The molecule has 0 spiro atoms. The van der Waals surface area contributed by atoms with Crippen molar-refractivity contribution in [3.63, 3.8) is 0 Å². The lowest BCUT2D eigenvalue weighted by Crippen LogP contribution is -2.24. The summed E-state index contributed by atoms with van der Waals surface area (Å²) in [5.41, 5.74) is 3.51. The predicted octanol–water partition coefficient (Wildman–Crippen LogP) is 3.41. The van der Waals surface area contributed by atoms with Gasteiger partial charge in [0.1, 0.15) is 0 Å². The van der Waals surface area contributed by atoms with Crippen LogP contribution < -0.4 is 5.32 Å². The van der Waals surface area contributed by atoms with Gasteiger partial charge in [0.05, 0.1) is 12.7 Å². The second-order valence-corrected chi connectivity index (χ2v) is 5.95. The molecule has 0 fully saturated rings. The topological polar surface area (TPSA) is 55.4 Å². The normalized spacial score (nSPS) is 18.8. The van der Waals surface area contributed by atoms with Crippen molar-refractivity contribution in [3.8, 4) is 0 Å². The molecule has 0 atom stereocenters. The van der Waals surface area contributed by atoms with Crippen LogP contribution in [0.1, 0.15) is 26.3 Å². The molecule has 1 aliphatic heterocycles. The van der Waals surface area contributed by atoms with E-state index in [9.17, 15) is 9.59 Å². The van der Waals surface area contributed by atoms with E-state index in [1.165, 1.54) is 7.11 Å². The lowest BCUT2D eigenvalue weighted by Gasteiger charge is -2.13. The quantitative estimate of drug-likeness (QED) is 0.769. The molecule has 0 saturated heterocycles. The third-order valence-corrected chi connectivity index (χ3v) is 4.33. The number of rotatable bonds is 1. The maximum atomic E-state index is 12.5. The molecule has 116 valence electrons. The summed E-state index contributed by atoms with van der Waals surface area (Å²) in [6.45, 7) is 0.428. The van der Waals surface area contributed by atoms with Crippen molar-refractivity contribution >= 4 is 33.4 Å². The molecule has 2 aliphatic rings. The van der Waals surface area contributed by atoms with Crippen LogP contribution in [0.5, 0.6) is 0 Å². The summed E-state index contributed by atoms with van der Waals surface area (Å²) in [4.78, 5) is 24.3. The van der Waals surface area contributed by atoms with Gasteiger partial charge in [0.15, 0.2) is 0 Å². The fourth-order valence-corrected chi connectivity index (χ4v) is 3.29. The second kappa shape index (κ2) is 6.38. The van der Waals surface area contributed by atoms with Crippen molar-refractivity contribution < 1.29 is 14.3 Å². The number of fused-ring (bicyclic) bond motifs is 2. The summed E-state index contributed by atoms with van der Waals surface area (Å²) >= 11 is 3.50. The van der Waals surface area contributed by atoms with Crippen molar-refractivity contribution in [1.29, 1.82) is 0 Å². The number of carbonyl (C=O) groups excluding carboxylic acids is 2. The molecular formula is C18H14BrNO3. The van der Waals surface area contributed by atoms with E-state index in [1.807, 2.05) is 36.5 Å². The Bertz CT molecular complexity index is 816. The fourth-order valence-electron chi connectivity index (χ4n) is 2.61. The van der Waals surface area contributed by atoms with Gasteiger partial charge in [-0.1, -0.05) is 52.4 Å².